The van der Waals surface area contributed by atoms with Gasteiger partial charge in [0.2, 0.25) is 0 Å². The van der Waals surface area contributed by atoms with Crippen molar-refractivity contribution < 1.29 is 24.2 Å². The van der Waals surface area contributed by atoms with E-state index < -0.39 is 5.97 Å². The van der Waals surface area contributed by atoms with Gasteiger partial charge in [-0.3, -0.25) is 9.59 Å². The van der Waals surface area contributed by atoms with Gasteiger partial charge >= 0.3 is 18.0 Å². The van der Waals surface area contributed by atoms with Crippen molar-refractivity contribution >= 4 is 18.0 Å². The molecule has 0 aliphatic heterocycles. The minimum atomic E-state index is -0.880. The summed E-state index contributed by atoms with van der Waals surface area (Å²) in [7, 11) is 4.47. The number of methoxy groups -OCH3 is 1. The molecular weight excluding hydrogens is 240 g/mol. The topological polar surface area (TPSA) is 87.2 Å². The number of carboxylic acid groups (broad SMARTS) is 1. The number of hydrogen-bond acceptors (Lipinski definition) is 4. The lowest BCUT2D eigenvalue weighted by Crippen LogP contribution is -2.40. The van der Waals surface area contributed by atoms with Crippen LogP contribution in [0.1, 0.15) is 19.3 Å². The number of carbonyl (C=O) groups is 3. The molecule has 0 fully saturated rings. The van der Waals surface area contributed by atoms with Crippen molar-refractivity contribution in [1.29, 1.82) is 0 Å². The molecule has 0 radical (unpaired) electrons. The van der Waals surface area contributed by atoms with Gasteiger partial charge in [0.05, 0.1) is 13.5 Å². The summed E-state index contributed by atoms with van der Waals surface area (Å²) >= 11 is 0. The average Bonchev–Trinajstić information content (AvgIpc) is 2.33. The third-order valence-corrected chi connectivity index (χ3v) is 2.42. The van der Waals surface area contributed by atoms with Gasteiger partial charge in [-0.25, -0.2) is 4.79 Å². The lowest BCUT2D eigenvalue weighted by Gasteiger charge is -2.24. The molecule has 18 heavy (non-hydrogen) atoms. The van der Waals surface area contributed by atoms with Gasteiger partial charge < -0.3 is 19.6 Å². The van der Waals surface area contributed by atoms with Crippen molar-refractivity contribution in [1.82, 2.24) is 9.80 Å². The molecule has 0 saturated heterocycles. The number of aliphatic carboxylic acids is 1. The van der Waals surface area contributed by atoms with E-state index in [-0.39, 0.29) is 31.4 Å². The third kappa shape index (κ3) is 6.72. The fraction of sp³-hybridized carbons (Fsp3) is 0.727. The first-order valence-corrected chi connectivity index (χ1v) is 5.63. The van der Waals surface area contributed by atoms with E-state index in [4.69, 9.17) is 5.11 Å². The molecule has 0 aromatic carbocycles. The molecule has 0 saturated carbocycles. The predicted molar refractivity (Wildman–Crippen MR) is 64.2 cm³/mol. The Bertz CT molecular complexity index is 306. The van der Waals surface area contributed by atoms with Crippen LogP contribution in [0.5, 0.6) is 0 Å². The molecule has 0 spiro atoms. The van der Waals surface area contributed by atoms with Gasteiger partial charge in [0.1, 0.15) is 0 Å². The Morgan fingerprint density at radius 1 is 1.06 bits per heavy atom. The Balaban J connectivity index is 3.96. The molecule has 1 N–H and O–H groups in total. The zero-order chi connectivity index (χ0) is 14.1. The lowest BCUT2D eigenvalue weighted by molar-refractivity contribution is -0.141. The molecule has 0 heterocycles. The van der Waals surface area contributed by atoms with Crippen LogP contribution in [-0.4, -0.2) is 67.2 Å². The Kier molecular flexibility index (Phi) is 7.50. The first-order chi connectivity index (χ1) is 8.38. The van der Waals surface area contributed by atoms with E-state index in [1.807, 2.05) is 0 Å². The number of hydrogen-bond donors (Lipinski definition) is 1. The Morgan fingerprint density at radius 2 is 1.61 bits per heavy atom. The number of rotatable bonds is 7. The van der Waals surface area contributed by atoms with E-state index in [0.717, 1.165) is 0 Å². The maximum Gasteiger partial charge on any atom is 0.319 e. The molecule has 0 aromatic heterocycles. The summed E-state index contributed by atoms with van der Waals surface area (Å²) in [5.74, 6) is -1.25. The van der Waals surface area contributed by atoms with Crippen LogP contribution in [-0.2, 0) is 14.3 Å². The van der Waals surface area contributed by atoms with Crippen LogP contribution < -0.4 is 0 Å². The number of nitrogens with zero attached hydrogens (tertiary/aromatic N) is 2. The van der Waals surface area contributed by atoms with Crippen molar-refractivity contribution in [3.05, 3.63) is 0 Å². The highest BCUT2D eigenvalue weighted by Gasteiger charge is 2.15. The highest BCUT2D eigenvalue weighted by atomic mass is 16.5. The van der Waals surface area contributed by atoms with Gasteiger partial charge in [-0.1, -0.05) is 0 Å². The second kappa shape index (κ2) is 8.32. The summed E-state index contributed by atoms with van der Waals surface area (Å²) in [4.78, 5) is 35.8. The fourth-order valence-electron chi connectivity index (χ4n) is 1.31. The van der Waals surface area contributed by atoms with Crippen LogP contribution in [0, 0.1) is 0 Å². The summed E-state index contributed by atoms with van der Waals surface area (Å²) in [6, 6.07) is -0.246. The van der Waals surface area contributed by atoms with Crippen LogP contribution in [0.2, 0.25) is 0 Å². The average molecular weight is 260 g/mol. The highest BCUT2D eigenvalue weighted by molar-refractivity contribution is 5.75. The second-order valence-corrected chi connectivity index (χ2v) is 3.95. The van der Waals surface area contributed by atoms with E-state index in [1.165, 1.54) is 16.9 Å². The summed E-state index contributed by atoms with van der Waals surface area (Å²) in [5.41, 5.74) is 0. The minimum absolute atomic E-state index is 0.0312. The van der Waals surface area contributed by atoms with E-state index in [9.17, 15) is 14.4 Å². The molecule has 0 unspecified atom stereocenters. The van der Waals surface area contributed by atoms with Gasteiger partial charge in [0.15, 0.2) is 0 Å². The van der Waals surface area contributed by atoms with Crippen LogP contribution in [0.25, 0.3) is 0 Å². The number of ether oxygens (including phenoxy) is 1. The highest BCUT2D eigenvalue weighted by Crippen LogP contribution is 1.99. The first kappa shape index (κ1) is 16.2. The Morgan fingerprint density at radius 3 is 2.11 bits per heavy atom. The van der Waals surface area contributed by atoms with Crippen LogP contribution in [0.15, 0.2) is 0 Å². The summed E-state index contributed by atoms with van der Waals surface area (Å²) in [6.07, 6.45) is 0.577. The lowest BCUT2D eigenvalue weighted by atomic mass is 10.3. The fourth-order valence-corrected chi connectivity index (χ4v) is 1.31. The van der Waals surface area contributed by atoms with E-state index in [0.29, 0.717) is 13.0 Å². The Hall–Kier alpha value is -1.79. The third-order valence-electron chi connectivity index (χ3n) is 2.42. The molecule has 0 aliphatic carbocycles. The second-order valence-electron chi connectivity index (χ2n) is 3.95. The van der Waals surface area contributed by atoms with Crippen LogP contribution in [0.4, 0.5) is 4.79 Å². The first-order valence-electron chi connectivity index (χ1n) is 5.63. The van der Waals surface area contributed by atoms with Gasteiger partial charge in [-0.2, -0.15) is 0 Å². The van der Waals surface area contributed by atoms with Crippen molar-refractivity contribution in [2.45, 2.75) is 19.3 Å². The molecule has 0 bridgehead atoms. The van der Waals surface area contributed by atoms with Gasteiger partial charge in [0, 0.05) is 33.6 Å². The molecule has 2 amide bonds. The van der Waals surface area contributed by atoms with E-state index in [1.54, 1.807) is 14.1 Å². The van der Waals surface area contributed by atoms with Crippen molar-refractivity contribution in [3.8, 4) is 0 Å². The molecule has 104 valence electrons. The molecule has 7 nitrogen and oxygen atoms in total. The largest absolute Gasteiger partial charge is 0.481 e. The SMILES string of the molecule is COC(=O)CCN(C)C(=O)N(C)CCCC(=O)O. The van der Waals surface area contributed by atoms with Gasteiger partial charge in [-0.15, -0.1) is 0 Å². The number of carboxylic acids is 1. The predicted octanol–water partition coefficient (Wildman–Crippen LogP) is 0.398. The van der Waals surface area contributed by atoms with Crippen molar-refractivity contribution in [2.24, 2.45) is 0 Å². The standard InChI is InChI=1S/C11H20N2O5/c1-12(7-4-5-9(14)15)11(17)13(2)8-6-10(16)18-3/h4-8H2,1-3H3,(H,14,15). The van der Waals surface area contributed by atoms with E-state index in [2.05, 4.69) is 4.74 Å². The van der Waals surface area contributed by atoms with Gasteiger partial charge in [0.25, 0.3) is 0 Å². The number of esters is 1. The molecule has 7 heteroatoms. The normalized spacial score (nSPS) is 9.72. The summed E-state index contributed by atoms with van der Waals surface area (Å²) in [6.45, 7) is 0.641. The van der Waals surface area contributed by atoms with Crippen LogP contribution >= 0.6 is 0 Å². The van der Waals surface area contributed by atoms with Gasteiger partial charge in [-0.05, 0) is 6.42 Å². The summed E-state index contributed by atoms with van der Waals surface area (Å²) in [5, 5.41) is 8.48. The monoisotopic (exact) mass is 260 g/mol. The molecule has 0 atom stereocenters. The smallest absolute Gasteiger partial charge is 0.319 e. The molecule has 0 rings (SSSR count). The molecular formula is C11H20N2O5. The quantitative estimate of drug-likeness (QED) is 0.669. The van der Waals surface area contributed by atoms with Crippen molar-refractivity contribution in [2.75, 3.05) is 34.3 Å². The zero-order valence-corrected chi connectivity index (χ0v) is 11.0. The molecule has 0 aromatic rings. The number of urea groups is 1. The molecule has 0 aliphatic rings. The maximum atomic E-state index is 11.8. The Labute approximate surface area is 106 Å². The van der Waals surface area contributed by atoms with E-state index >= 15 is 0 Å². The van der Waals surface area contributed by atoms with Crippen LogP contribution in [0.3, 0.4) is 0 Å². The zero-order valence-electron chi connectivity index (χ0n) is 11.0. The van der Waals surface area contributed by atoms with Crippen molar-refractivity contribution in [3.63, 3.8) is 0 Å². The minimum Gasteiger partial charge on any atom is -0.481 e. The number of amides is 2. The maximum absolute atomic E-state index is 11.8. The summed E-state index contributed by atoms with van der Waals surface area (Å²) < 4.78 is 4.48. The number of carbonyl (C=O) groups excluding carboxylic acids is 2.